The van der Waals surface area contributed by atoms with Crippen LogP contribution in [-0.4, -0.2) is 40.5 Å². The number of amides is 3. The monoisotopic (exact) mass is 773 g/mol. The maximum Gasteiger partial charge on any atom is 0.573 e. The van der Waals surface area contributed by atoms with Crippen LogP contribution in [0.1, 0.15) is 57.3 Å². The van der Waals surface area contributed by atoms with Gasteiger partial charge in [-0.3, -0.25) is 24.8 Å². The lowest BCUT2D eigenvalue weighted by molar-refractivity contribution is -0.274. The molecule has 6 aromatic rings. The van der Waals surface area contributed by atoms with E-state index in [2.05, 4.69) is 10.1 Å². The van der Waals surface area contributed by atoms with Gasteiger partial charge in [-0.05, 0) is 76.1 Å². The molecule has 57 heavy (non-hydrogen) atoms. The summed E-state index contributed by atoms with van der Waals surface area (Å²) >= 11 is 0. The van der Waals surface area contributed by atoms with E-state index in [1.54, 1.807) is 71.6 Å². The number of hydroxylamine groups is 2. The predicted octanol–water partition coefficient (Wildman–Crippen LogP) is 8.77. The summed E-state index contributed by atoms with van der Waals surface area (Å²) in [6.45, 7) is 0. The number of benzene rings is 6. The first kappa shape index (κ1) is 39.9. The molecule has 0 bridgehead atoms. The van der Waals surface area contributed by atoms with E-state index in [0.717, 1.165) is 35.1 Å². The van der Waals surface area contributed by atoms with Crippen molar-refractivity contribution in [2.45, 2.75) is 37.1 Å². The number of hydrogen-bond acceptors (Lipinski definition) is 6. The Balaban J connectivity index is 0.000000193. The second-order valence-electron chi connectivity index (χ2n) is 13.3. The molecule has 1 saturated carbocycles. The van der Waals surface area contributed by atoms with Crippen LogP contribution in [0, 0.1) is 0 Å². The average Bonchev–Trinajstić information content (AvgIpc) is 4.06. The minimum Gasteiger partial charge on any atom is -0.405 e. The fourth-order valence-corrected chi connectivity index (χ4v) is 6.42. The SMILES string of the molecule is O=C(NC1CC1)c1ccc(-c2cccc(C(C(=O)NO)c3ccccc3)c2)cc1.O=C(NO)C(c1ccccc1)c1cccc(-c2ccccc2OC(F)(F)F)c1. The van der Waals surface area contributed by atoms with E-state index in [-0.39, 0.29) is 17.2 Å². The normalized spacial score (nSPS) is 13.2. The van der Waals surface area contributed by atoms with Gasteiger partial charge in [-0.1, -0.05) is 133 Å². The first-order valence-corrected chi connectivity index (χ1v) is 18.0. The molecule has 0 heterocycles. The molecule has 2 unspecified atom stereocenters. The zero-order valence-electron chi connectivity index (χ0n) is 30.3. The summed E-state index contributed by atoms with van der Waals surface area (Å²) in [6, 6.07) is 45.8. The van der Waals surface area contributed by atoms with E-state index in [0.29, 0.717) is 28.3 Å². The van der Waals surface area contributed by atoms with Gasteiger partial charge in [-0.2, -0.15) is 0 Å². The third kappa shape index (κ3) is 10.5. The van der Waals surface area contributed by atoms with Gasteiger partial charge in [0.25, 0.3) is 17.7 Å². The number of hydrogen-bond donors (Lipinski definition) is 5. The lowest BCUT2D eigenvalue weighted by atomic mass is 9.88. The third-order valence-corrected chi connectivity index (χ3v) is 9.27. The fourth-order valence-electron chi connectivity index (χ4n) is 6.42. The molecule has 290 valence electrons. The minimum atomic E-state index is -4.82. The highest BCUT2D eigenvalue weighted by molar-refractivity contribution is 5.95. The second kappa shape index (κ2) is 18.2. The quantitative estimate of drug-likeness (QED) is 0.0660. The van der Waals surface area contributed by atoms with Crippen molar-refractivity contribution in [2.24, 2.45) is 0 Å². The van der Waals surface area contributed by atoms with Gasteiger partial charge in [0.05, 0.1) is 11.8 Å². The Morgan fingerprint density at radius 3 is 1.54 bits per heavy atom. The highest BCUT2D eigenvalue weighted by Crippen LogP contribution is 2.36. The number of carbonyl (C=O) groups excluding carboxylic acids is 3. The molecule has 0 aromatic heterocycles. The topological polar surface area (TPSA) is 137 Å². The highest BCUT2D eigenvalue weighted by atomic mass is 19.4. The van der Waals surface area contributed by atoms with E-state index >= 15 is 0 Å². The number of carbonyl (C=O) groups is 3. The number of rotatable bonds is 11. The van der Waals surface area contributed by atoms with Crippen LogP contribution in [0.2, 0.25) is 0 Å². The molecule has 1 fully saturated rings. The molecule has 0 radical (unpaired) electrons. The van der Waals surface area contributed by atoms with Crippen LogP contribution in [-0.2, 0) is 9.59 Å². The molecule has 12 heteroatoms. The fraction of sp³-hybridized carbons (Fsp3) is 0.133. The number of para-hydroxylation sites is 1. The van der Waals surface area contributed by atoms with Crippen molar-refractivity contribution in [1.29, 1.82) is 0 Å². The molecule has 0 spiro atoms. The molecule has 7 rings (SSSR count). The number of halogens is 3. The summed E-state index contributed by atoms with van der Waals surface area (Å²) in [5.74, 6) is -2.97. The zero-order chi connectivity index (χ0) is 40.4. The van der Waals surface area contributed by atoms with Crippen LogP contribution >= 0.6 is 0 Å². The molecule has 5 N–H and O–H groups in total. The van der Waals surface area contributed by atoms with Crippen LogP contribution in [0.4, 0.5) is 13.2 Å². The van der Waals surface area contributed by atoms with Crippen LogP contribution < -0.4 is 21.0 Å². The van der Waals surface area contributed by atoms with Crippen molar-refractivity contribution in [3.05, 3.63) is 186 Å². The van der Waals surface area contributed by atoms with Gasteiger partial charge in [-0.15, -0.1) is 13.2 Å². The summed E-state index contributed by atoms with van der Waals surface area (Å²) in [7, 11) is 0. The van der Waals surface area contributed by atoms with Crippen molar-refractivity contribution >= 4 is 17.7 Å². The number of nitrogens with one attached hydrogen (secondary N) is 3. The van der Waals surface area contributed by atoms with Crippen molar-refractivity contribution in [3.8, 4) is 28.0 Å². The van der Waals surface area contributed by atoms with Crippen LogP contribution in [0.5, 0.6) is 5.75 Å². The summed E-state index contributed by atoms with van der Waals surface area (Å²) in [6.07, 6.45) is -2.71. The maximum absolute atomic E-state index is 12.7. The molecule has 3 amide bonds. The van der Waals surface area contributed by atoms with Crippen molar-refractivity contribution in [1.82, 2.24) is 16.3 Å². The first-order valence-electron chi connectivity index (χ1n) is 18.0. The van der Waals surface area contributed by atoms with Gasteiger partial charge in [0.2, 0.25) is 0 Å². The van der Waals surface area contributed by atoms with Gasteiger partial charge in [0.15, 0.2) is 0 Å². The summed E-state index contributed by atoms with van der Waals surface area (Å²) in [4.78, 5) is 36.8. The summed E-state index contributed by atoms with van der Waals surface area (Å²) in [5, 5.41) is 21.4. The van der Waals surface area contributed by atoms with Gasteiger partial charge in [-0.25, -0.2) is 11.0 Å². The summed E-state index contributed by atoms with van der Waals surface area (Å²) < 4.78 is 42.3. The Hall–Kier alpha value is -6.76. The molecule has 1 aliphatic rings. The lowest BCUT2D eigenvalue weighted by Gasteiger charge is -2.18. The number of alkyl halides is 3. The van der Waals surface area contributed by atoms with E-state index in [1.165, 1.54) is 18.2 Å². The van der Waals surface area contributed by atoms with Gasteiger partial charge >= 0.3 is 6.36 Å². The standard InChI is InChI=1S/C24H22N2O3.C21H16F3NO3/c27-23(25-21-13-14-21)18-11-9-16(10-12-18)19-7-4-8-20(15-19)22(24(28)26-29)17-5-2-1-3-6-17;22-21(23,24)28-18-12-5-4-11-17(18)15-9-6-10-16(13-15)19(20(26)25-27)14-7-2-1-3-8-14/h1-12,15,21-22,29H,13-14H2,(H,25,27)(H,26,28);1-13,19,27H,(H,25,26). The molecule has 2 atom stereocenters. The molecular weight excluding hydrogens is 736 g/mol. The third-order valence-electron chi connectivity index (χ3n) is 9.27. The van der Waals surface area contributed by atoms with E-state index < -0.39 is 30.0 Å². The predicted molar refractivity (Wildman–Crippen MR) is 207 cm³/mol. The van der Waals surface area contributed by atoms with Gasteiger partial charge in [0.1, 0.15) is 5.75 Å². The van der Waals surface area contributed by atoms with E-state index in [1.807, 2.05) is 78.9 Å². The summed E-state index contributed by atoms with van der Waals surface area (Å²) in [5.41, 5.74) is 9.34. The van der Waals surface area contributed by atoms with Crippen LogP contribution in [0.25, 0.3) is 22.3 Å². The number of ether oxygens (including phenoxy) is 1. The Morgan fingerprint density at radius 2 is 1.04 bits per heavy atom. The Kier molecular flexibility index (Phi) is 12.8. The zero-order valence-corrected chi connectivity index (χ0v) is 30.3. The largest absolute Gasteiger partial charge is 0.573 e. The van der Waals surface area contributed by atoms with Gasteiger partial charge < -0.3 is 10.1 Å². The van der Waals surface area contributed by atoms with Crippen molar-refractivity contribution in [3.63, 3.8) is 0 Å². The maximum atomic E-state index is 12.7. The molecule has 6 aromatic carbocycles. The average molecular weight is 774 g/mol. The molecule has 9 nitrogen and oxygen atoms in total. The Morgan fingerprint density at radius 1 is 0.561 bits per heavy atom. The molecule has 0 saturated heterocycles. The second-order valence-corrected chi connectivity index (χ2v) is 13.3. The smallest absolute Gasteiger partial charge is 0.405 e. The van der Waals surface area contributed by atoms with Crippen molar-refractivity contribution in [2.75, 3.05) is 0 Å². The van der Waals surface area contributed by atoms with E-state index in [9.17, 15) is 32.8 Å². The highest BCUT2D eigenvalue weighted by Gasteiger charge is 2.32. The first-order chi connectivity index (χ1) is 27.5. The lowest BCUT2D eigenvalue weighted by Crippen LogP contribution is -2.27. The van der Waals surface area contributed by atoms with Crippen molar-refractivity contribution < 1.29 is 42.7 Å². The molecule has 1 aliphatic carbocycles. The van der Waals surface area contributed by atoms with Gasteiger partial charge in [0, 0.05) is 17.2 Å². The van der Waals surface area contributed by atoms with Crippen LogP contribution in [0.3, 0.4) is 0 Å². The Bertz CT molecular complexity index is 2300. The van der Waals surface area contributed by atoms with Crippen LogP contribution in [0.15, 0.2) is 158 Å². The van der Waals surface area contributed by atoms with E-state index in [4.69, 9.17) is 5.21 Å². The Labute approximate surface area is 326 Å². The molecular formula is C45H38F3N3O6. The minimum absolute atomic E-state index is 0.0449. The molecule has 0 aliphatic heterocycles.